The number of aromatic nitrogens is 4. The number of benzene rings is 3. The van der Waals surface area contributed by atoms with Crippen LogP contribution in [0.15, 0.2) is 91.0 Å². The van der Waals surface area contributed by atoms with Crippen molar-refractivity contribution in [1.29, 1.82) is 0 Å². The first kappa shape index (κ1) is 18.5. The van der Waals surface area contributed by atoms with E-state index in [0.29, 0.717) is 17.0 Å². The van der Waals surface area contributed by atoms with E-state index in [0.717, 1.165) is 5.69 Å². The van der Waals surface area contributed by atoms with Crippen molar-refractivity contribution in [2.45, 2.75) is 12.2 Å². The minimum atomic E-state index is -1.95. The first-order chi connectivity index (χ1) is 14.2. The zero-order chi connectivity index (χ0) is 20.1. The number of esters is 1. The van der Waals surface area contributed by atoms with Crippen LogP contribution >= 0.6 is 0 Å². The molecule has 1 N–H and O–H groups in total. The molecule has 0 unspecified atom stereocenters. The van der Waals surface area contributed by atoms with E-state index >= 15 is 0 Å². The Kier molecular flexibility index (Phi) is 5.13. The number of para-hydroxylation sites is 1. The van der Waals surface area contributed by atoms with E-state index in [-0.39, 0.29) is 6.61 Å². The molecule has 7 nitrogen and oxygen atoms in total. The molecule has 0 aliphatic carbocycles. The summed E-state index contributed by atoms with van der Waals surface area (Å²) in [4.78, 5) is 13.1. The lowest BCUT2D eigenvalue weighted by atomic mass is 9.86. The average molecular weight is 386 g/mol. The largest absolute Gasteiger partial charge is 0.455 e. The van der Waals surface area contributed by atoms with Gasteiger partial charge in [-0.3, -0.25) is 0 Å². The van der Waals surface area contributed by atoms with Crippen molar-refractivity contribution >= 4 is 5.97 Å². The van der Waals surface area contributed by atoms with Crippen LogP contribution < -0.4 is 0 Å². The summed E-state index contributed by atoms with van der Waals surface area (Å²) in [6.07, 6.45) is 0. The lowest BCUT2D eigenvalue weighted by Gasteiger charge is -2.26. The van der Waals surface area contributed by atoms with Crippen molar-refractivity contribution in [3.8, 4) is 5.69 Å². The first-order valence-electron chi connectivity index (χ1n) is 9.03. The highest BCUT2D eigenvalue weighted by atomic mass is 16.6. The van der Waals surface area contributed by atoms with Crippen LogP contribution in [0.4, 0.5) is 0 Å². The molecule has 0 atom stereocenters. The Morgan fingerprint density at radius 1 is 0.862 bits per heavy atom. The minimum absolute atomic E-state index is 0.192. The third-order valence-corrected chi connectivity index (χ3v) is 4.55. The van der Waals surface area contributed by atoms with E-state index in [1.54, 1.807) is 48.5 Å². The molecule has 0 aliphatic rings. The van der Waals surface area contributed by atoms with Crippen LogP contribution in [-0.4, -0.2) is 31.3 Å². The van der Waals surface area contributed by atoms with Gasteiger partial charge in [-0.25, -0.2) is 4.79 Å². The molecule has 0 fully saturated rings. The molecule has 0 bridgehead atoms. The normalized spacial score (nSPS) is 11.2. The lowest BCUT2D eigenvalue weighted by molar-refractivity contribution is -0.164. The Morgan fingerprint density at radius 2 is 1.38 bits per heavy atom. The van der Waals surface area contributed by atoms with E-state index in [4.69, 9.17) is 4.74 Å². The second-order valence-electron chi connectivity index (χ2n) is 6.36. The van der Waals surface area contributed by atoms with E-state index < -0.39 is 11.6 Å². The van der Waals surface area contributed by atoms with Crippen LogP contribution in [0.2, 0.25) is 0 Å². The molecule has 0 amide bonds. The zero-order valence-corrected chi connectivity index (χ0v) is 15.4. The van der Waals surface area contributed by atoms with Crippen molar-refractivity contribution in [3.05, 3.63) is 108 Å². The molecular weight excluding hydrogens is 368 g/mol. The number of carbonyl (C=O) groups excluding carboxylic acids is 1. The van der Waals surface area contributed by atoms with Crippen molar-refractivity contribution in [3.63, 3.8) is 0 Å². The number of tetrazole rings is 1. The summed E-state index contributed by atoms with van der Waals surface area (Å²) in [6, 6.07) is 26.7. The van der Waals surface area contributed by atoms with Gasteiger partial charge in [0.05, 0.1) is 5.69 Å². The molecule has 0 spiro atoms. The Labute approximate surface area is 167 Å². The minimum Gasteiger partial charge on any atom is -0.455 e. The van der Waals surface area contributed by atoms with E-state index in [1.165, 1.54) is 4.68 Å². The maximum Gasteiger partial charge on any atom is 0.348 e. The third-order valence-electron chi connectivity index (χ3n) is 4.55. The monoisotopic (exact) mass is 386 g/mol. The fourth-order valence-electron chi connectivity index (χ4n) is 3.06. The van der Waals surface area contributed by atoms with Gasteiger partial charge in [0, 0.05) is 0 Å². The van der Waals surface area contributed by atoms with Gasteiger partial charge >= 0.3 is 5.97 Å². The number of rotatable bonds is 6. The summed E-state index contributed by atoms with van der Waals surface area (Å²) < 4.78 is 6.95. The third kappa shape index (κ3) is 3.63. The second-order valence-corrected chi connectivity index (χ2v) is 6.36. The lowest BCUT2D eigenvalue weighted by Crippen LogP contribution is -2.38. The van der Waals surface area contributed by atoms with E-state index in [9.17, 15) is 9.90 Å². The molecule has 1 aromatic heterocycles. The van der Waals surface area contributed by atoms with Gasteiger partial charge in [0.25, 0.3) is 0 Å². The molecule has 0 saturated carbocycles. The number of aliphatic hydroxyl groups is 1. The molecule has 4 aromatic rings. The van der Waals surface area contributed by atoms with Crippen LogP contribution in [0, 0.1) is 0 Å². The zero-order valence-electron chi connectivity index (χ0n) is 15.4. The number of carbonyl (C=O) groups is 1. The van der Waals surface area contributed by atoms with Crippen LogP contribution in [0.1, 0.15) is 17.0 Å². The molecule has 3 aromatic carbocycles. The molecule has 29 heavy (non-hydrogen) atoms. The summed E-state index contributed by atoms with van der Waals surface area (Å²) in [7, 11) is 0. The van der Waals surface area contributed by atoms with Gasteiger partial charge in [0.2, 0.25) is 5.60 Å². The Balaban J connectivity index is 1.62. The van der Waals surface area contributed by atoms with Gasteiger partial charge < -0.3 is 9.84 Å². The smallest absolute Gasteiger partial charge is 0.348 e. The Morgan fingerprint density at radius 3 is 1.93 bits per heavy atom. The van der Waals surface area contributed by atoms with Gasteiger partial charge in [0.15, 0.2) is 12.4 Å². The number of ether oxygens (including phenoxy) is 1. The van der Waals surface area contributed by atoms with Crippen LogP contribution in [0.3, 0.4) is 0 Å². The fourth-order valence-corrected chi connectivity index (χ4v) is 3.06. The number of nitrogens with zero attached hydrogens (tertiary/aromatic N) is 4. The van der Waals surface area contributed by atoms with Crippen molar-refractivity contribution in [2.75, 3.05) is 0 Å². The average Bonchev–Trinajstić information content (AvgIpc) is 3.27. The second kappa shape index (κ2) is 8.04. The maximum absolute atomic E-state index is 13.1. The standard InChI is InChI=1S/C22H18N4O3/c27-21(29-16-20-23-24-25-26(20)19-14-8-3-9-15-19)22(28,17-10-4-1-5-11-17)18-12-6-2-7-13-18/h1-15,28H,16H2. The highest BCUT2D eigenvalue weighted by Gasteiger charge is 2.41. The topological polar surface area (TPSA) is 90.1 Å². The van der Waals surface area contributed by atoms with Gasteiger partial charge in [-0.2, -0.15) is 4.68 Å². The molecule has 0 saturated heterocycles. The summed E-state index contributed by atoms with van der Waals surface area (Å²) in [5.41, 5.74) is -0.379. The van der Waals surface area contributed by atoms with Crippen LogP contribution in [0.5, 0.6) is 0 Å². The van der Waals surface area contributed by atoms with Gasteiger partial charge in [-0.05, 0) is 33.7 Å². The Hall–Kier alpha value is -3.84. The molecule has 1 heterocycles. The summed E-state index contributed by atoms with van der Waals surface area (Å²) in [5.74, 6) is -0.467. The maximum atomic E-state index is 13.1. The Bertz CT molecular complexity index is 1040. The SMILES string of the molecule is O=C(OCc1nnnn1-c1ccccc1)C(O)(c1ccccc1)c1ccccc1. The highest BCUT2D eigenvalue weighted by Crippen LogP contribution is 2.31. The van der Waals surface area contributed by atoms with Gasteiger partial charge in [-0.1, -0.05) is 78.9 Å². The van der Waals surface area contributed by atoms with Crippen molar-refractivity contribution in [2.24, 2.45) is 0 Å². The fraction of sp³-hybridized carbons (Fsp3) is 0.0909. The molecule has 7 heteroatoms. The summed E-state index contributed by atoms with van der Waals surface area (Å²) in [6.45, 7) is -0.192. The molecular formula is C22H18N4O3. The van der Waals surface area contributed by atoms with Crippen molar-refractivity contribution < 1.29 is 14.6 Å². The quantitative estimate of drug-likeness (QED) is 0.513. The summed E-state index contributed by atoms with van der Waals surface area (Å²) >= 11 is 0. The molecule has 4 rings (SSSR count). The van der Waals surface area contributed by atoms with E-state index in [2.05, 4.69) is 15.5 Å². The highest BCUT2D eigenvalue weighted by molar-refractivity contribution is 5.85. The van der Waals surface area contributed by atoms with Crippen LogP contribution in [-0.2, 0) is 21.7 Å². The predicted molar refractivity (Wildman–Crippen MR) is 105 cm³/mol. The molecule has 0 aliphatic heterocycles. The molecule has 144 valence electrons. The predicted octanol–water partition coefficient (Wildman–Crippen LogP) is 2.64. The van der Waals surface area contributed by atoms with Gasteiger partial charge in [-0.15, -0.1) is 5.10 Å². The first-order valence-corrected chi connectivity index (χ1v) is 9.03. The van der Waals surface area contributed by atoms with E-state index in [1.807, 2.05) is 42.5 Å². The van der Waals surface area contributed by atoms with Crippen molar-refractivity contribution in [1.82, 2.24) is 20.2 Å². The van der Waals surface area contributed by atoms with Crippen LogP contribution in [0.25, 0.3) is 5.69 Å². The van der Waals surface area contributed by atoms with Gasteiger partial charge in [0.1, 0.15) is 0 Å². The number of hydrogen-bond acceptors (Lipinski definition) is 6. The molecule has 0 radical (unpaired) electrons. The summed E-state index contributed by atoms with van der Waals surface area (Å²) in [5, 5.41) is 22.9. The number of hydrogen-bond donors (Lipinski definition) is 1.